The predicted octanol–water partition coefficient (Wildman–Crippen LogP) is 1.20. The van der Waals surface area contributed by atoms with Crippen LogP contribution in [0.3, 0.4) is 0 Å². The van der Waals surface area contributed by atoms with Crippen LogP contribution in [0, 0.1) is 5.92 Å². The predicted molar refractivity (Wildman–Crippen MR) is 65.8 cm³/mol. The van der Waals surface area contributed by atoms with E-state index in [2.05, 4.69) is 10.1 Å². The van der Waals surface area contributed by atoms with Crippen molar-refractivity contribution in [3.63, 3.8) is 0 Å². The second-order valence-electron chi connectivity index (χ2n) is 4.79. The van der Waals surface area contributed by atoms with Gasteiger partial charge in [0, 0.05) is 5.92 Å². The highest BCUT2D eigenvalue weighted by Crippen LogP contribution is 2.23. The molecule has 0 saturated heterocycles. The van der Waals surface area contributed by atoms with Crippen molar-refractivity contribution in [3.05, 3.63) is 0 Å². The monoisotopic (exact) mass is 255 g/mol. The maximum atomic E-state index is 12.0. The summed E-state index contributed by atoms with van der Waals surface area (Å²) in [6.45, 7) is 1.37. The Balaban J connectivity index is 2.51. The van der Waals surface area contributed by atoms with E-state index in [1.54, 1.807) is 0 Å². The summed E-state index contributed by atoms with van der Waals surface area (Å²) in [4.78, 5) is 34.5. The largest absolute Gasteiger partial charge is 0.469 e. The minimum absolute atomic E-state index is 0.0155. The summed E-state index contributed by atoms with van der Waals surface area (Å²) in [5, 5.41) is 2.66. The van der Waals surface area contributed by atoms with Crippen molar-refractivity contribution in [2.75, 3.05) is 7.11 Å². The fourth-order valence-electron chi connectivity index (χ4n) is 2.20. The van der Waals surface area contributed by atoms with E-state index >= 15 is 0 Å². The van der Waals surface area contributed by atoms with Gasteiger partial charge < -0.3 is 10.1 Å². The van der Waals surface area contributed by atoms with Crippen LogP contribution in [0.1, 0.15) is 45.4 Å². The summed E-state index contributed by atoms with van der Waals surface area (Å²) in [6.07, 6.45) is 4.93. The number of ketones is 1. The molecule has 1 atom stereocenters. The minimum Gasteiger partial charge on any atom is -0.469 e. The van der Waals surface area contributed by atoms with Gasteiger partial charge in [0.15, 0.2) is 5.78 Å². The molecule has 0 bridgehead atoms. The van der Waals surface area contributed by atoms with E-state index in [1.165, 1.54) is 20.5 Å². The van der Waals surface area contributed by atoms with E-state index in [0.717, 1.165) is 25.7 Å². The van der Waals surface area contributed by atoms with Gasteiger partial charge in [-0.1, -0.05) is 19.3 Å². The maximum Gasteiger partial charge on any atom is 0.308 e. The van der Waals surface area contributed by atoms with E-state index in [1.807, 2.05) is 0 Å². The highest BCUT2D eigenvalue weighted by Gasteiger charge is 2.26. The molecule has 1 amide bonds. The molecule has 5 heteroatoms. The van der Waals surface area contributed by atoms with E-state index in [9.17, 15) is 14.4 Å². The van der Waals surface area contributed by atoms with Crippen LogP contribution < -0.4 is 5.32 Å². The number of esters is 1. The third kappa shape index (κ3) is 4.47. The van der Waals surface area contributed by atoms with E-state index < -0.39 is 12.0 Å². The second kappa shape index (κ2) is 7.13. The van der Waals surface area contributed by atoms with Crippen LogP contribution in [0.25, 0.3) is 0 Å². The number of rotatable bonds is 5. The SMILES string of the molecule is COC(=O)CC(NC(=O)C1CCCCC1)C(C)=O. The zero-order valence-electron chi connectivity index (χ0n) is 11.0. The molecular weight excluding hydrogens is 234 g/mol. The Morgan fingerprint density at radius 1 is 1.22 bits per heavy atom. The van der Waals surface area contributed by atoms with Gasteiger partial charge in [-0.2, -0.15) is 0 Å². The Bertz CT molecular complexity index is 321. The van der Waals surface area contributed by atoms with Gasteiger partial charge in [-0.3, -0.25) is 14.4 Å². The van der Waals surface area contributed by atoms with Gasteiger partial charge in [0.05, 0.1) is 19.6 Å². The molecule has 0 heterocycles. The third-order valence-corrected chi connectivity index (χ3v) is 3.38. The quantitative estimate of drug-likeness (QED) is 0.749. The van der Waals surface area contributed by atoms with Gasteiger partial charge in [0.25, 0.3) is 0 Å². The average Bonchev–Trinajstić information content (AvgIpc) is 2.38. The number of carbonyl (C=O) groups is 3. The van der Waals surface area contributed by atoms with Gasteiger partial charge in [0.1, 0.15) is 0 Å². The van der Waals surface area contributed by atoms with Crippen molar-refractivity contribution in [3.8, 4) is 0 Å². The van der Waals surface area contributed by atoms with E-state index in [4.69, 9.17) is 0 Å². The highest BCUT2D eigenvalue weighted by atomic mass is 16.5. The lowest BCUT2D eigenvalue weighted by atomic mass is 9.88. The van der Waals surface area contributed by atoms with Gasteiger partial charge in [-0.15, -0.1) is 0 Å². The van der Waals surface area contributed by atoms with Crippen LogP contribution in [0.15, 0.2) is 0 Å². The van der Waals surface area contributed by atoms with Crippen molar-refractivity contribution < 1.29 is 19.1 Å². The molecule has 102 valence electrons. The first-order chi connectivity index (χ1) is 8.54. The number of amides is 1. The molecule has 18 heavy (non-hydrogen) atoms. The smallest absolute Gasteiger partial charge is 0.308 e. The first kappa shape index (κ1) is 14.7. The van der Waals surface area contributed by atoms with Crippen molar-refractivity contribution in [1.82, 2.24) is 5.32 Å². The molecule has 1 rings (SSSR count). The lowest BCUT2D eigenvalue weighted by Crippen LogP contribution is -2.44. The number of ether oxygens (including phenoxy) is 1. The first-order valence-corrected chi connectivity index (χ1v) is 6.42. The number of methoxy groups -OCH3 is 1. The Morgan fingerprint density at radius 2 is 1.83 bits per heavy atom. The summed E-state index contributed by atoms with van der Waals surface area (Å²) in [5.41, 5.74) is 0. The molecule has 0 aromatic rings. The number of Topliss-reactive ketones (excluding diaryl/α,β-unsaturated/α-hetero) is 1. The zero-order valence-corrected chi connectivity index (χ0v) is 11.0. The minimum atomic E-state index is -0.758. The summed E-state index contributed by atoms with van der Waals surface area (Å²) in [5.74, 6) is -0.833. The molecule has 0 aromatic heterocycles. The van der Waals surface area contributed by atoms with Crippen molar-refractivity contribution >= 4 is 17.7 Å². The first-order valence-electron chi connectivity index (χ1n) is 6.42. The molecule has 5 nitrogen and oxygen atoms in total. The third-order valence-electron chi connectivity index (χ3n) is 3.38. The Hall–Kier alpha value is -1.39. The fraction of sp³-hybridized carbons (Fsp3) is 0.769. The molecular formula is C13H21NO4. The number of hydrogen-bond donors (Lipinski definition) is 1. The van der Waals surface area contributed by atoms with Gasteiger partial charge in [-0.25, -0.2) is 0 Å². The van der Waals surface area contributed by atoms with Crippen LogP contribution in [0.2, 0.25) is 0 Å². The molecule has 0 spiro atoms. The lowest BCUT2D eigenvalue weighted by Gasteiger charge is -2.23. The second-order valence-corrected chi connectivity index (χ2v) is 4.79. The molecule has 1 aliphatic rings. The van der Waals surface area contributed by atoms with Crippen LogP contribution in [-0.2, 0) is 19.1 Å². The topological polar surface area (TPSA) is 72.5 Å². The van der Waals surface area contributed by atoms with Crippen molar-refractivity contribution in [2.45, 2.75) is 51.5 Å². The van der Waals surface area contributed by atoms with E-state index in [-0.39, 0.29) is 24.0 Å². The molecule has 1 unspecified atom stereocenters. The van der Waals surface area contributed by atoms with E-state index in [0.29, 0.717) is 0 Å². The molecule has 0 aromatic carbocycles. The van der Waals surface area contributed by atoms with Crippen LogP contribution in [-0.4, -0.2) is 30.8 Å². The summed E-state index contributed by atoms with van der Waals surface area (Å²) in [7, 11) is 1.27. The Kier molecular flexibility index (Phi) is 5.82. The molecule has 0 aliphatic heterocycles. The summed E-state index contributed by atoms with van der Waals surface area (Å²) >= 11 is 0. The van der Waals surface area contributed by atoms with Gasteiger partial charge >= 0.3 is 5.97 Å². The van der Waals surface area contributed by atoms with Crippen molar-refractivity contribution in [1.29, 1.82) is 0 Å². The van der Waals surface area contributed by atoms with Crippen LogP contribution >= 0.6 is 0 Å². The number of nitrogens with one attached hydrogen (secondary N) is 1. The molecule has 1 N–H and O–H groups in total. The van der Waals surface area contributed by atoms with Crippen molar-refractivity contribution in [2.24, 2.45) is 5.92 Å². The average molecular weight is 255 g/mol. The number of hydrogen-bond acceptors (Lipinski definition) is 4. The standard InChI is InChI=1S/C13H21NO4/c1-9(15)11(8-12(16)18-2)14-13(17)10-6-4-3-5-7-10/h10-11H,3-8H2,1-2H3,(H,14,17). The van der Waals surface area contributed by atoms with Crippen LogP contribution in [0.4, 0.5) is 0 Å². The normalized spacial score (nSPS) is 17.9. The Labute approximate surface area is 107 Å². The Morgan fingerprint density at radius 3 is 2.33 bits per heavy atom. The zero-order chi connectivity index (χ0) is 13.5. The fourth-order valence-corrected chi connectivity index (χ4v) is 2.20. The molecule has 0 radical (unpaired) electrons. The van der Waals surface area contributed by atoms with Gasteiger partial charge in [-0.05, 0) is 19.8 Å². The number of carbonyl (C=O) groups excluding carboxylic acids is 3. The molecule has 1 saturated carbocycles. The maximum absolute atomic E-state index is 12.0. The van der Waals surface area contributed by atoms with Crippen LogP contribution in [0.5, 0.6) is 0 Å². The lowest BCUT2D eigenvalue weighted by molar-refractivity contribution is -0.143. The molecule has 1 fully saturated rings. The summed E-state index contributed by atoms with van der Waals surface area (Å²) in [6, 6.07) is -0.758. The molecule has 1 aliphatic carbocycles. The summed E-state index contributed by atoms with van der Waals surface area (Å²) < 4.78 is 4.52. The van der Waals surface area contributed by atoms with Gasteiger partial charge in [0.2, 0.25) is 5.91 Å². The highest BCUT2D eigenvalue weighted by molar-refractivity contribution is 5.91.